The lowest BCUT2D eigenvalue weighted by molar-refractivity contribution is -0.114. The van der Waals surface area contributed by atoms with E-state index in [4.69, 9.17) is 0 Å². The number of nitrogens with one attached hydrogen (secondary N) is 1. The summed E-state index contributed by atoms with van der Waals surface area (Å²) in [4.78, 5) is 22.2. The third-order valence-corrected chi connectivity index (χ3v) is 2.44. The van der Waals surface area contributed by atoms with Crippen LogP contribution in [0.3, 0.4) is 0 Å². The Labute approximate surface area is 97.7 Å². The van der Waals surface area contributed by atoms with Crippen LogP contribution in [0.4, 0.5) is 5.69 Å². The van der Waals surface area contributed by atoms with Crippen molar-refractivity contribution in [1.82, 2.24) is 4.57 Å². The van der Waals surface area contributed by atoms with E-state index in [0.717, 1.165) is 0 Å². The molecule has 5 heteroatoms. The second-order valence-corrected chi connectivity index (χ2v) is 3.82. The number of amides is 1. The third-order valence-electron chi connectivity index (χ3n) is 2.44. The summed E-state index contributed by atoms with van der Waals surface area (Å²) < 4.78 is 1.36. The second-order valence-electron chi connectivity index (χ2n) is 3.82. The standard InChI is InChI=1S/C12H12N2O3/c1-7(15)13-9-3-4-11-10(5-9)12(17)6-14(11)8(2)16/h3-6,17H,1-2H3,(H,13,15). The number of carbonyl (C=O) groups is 2. The van der Waals surface area contributed by atoms with Gasteiger partial charge >= 0.3 is 0 Å². The van der Waals surface area contributed by atoms with Gasteiger partial charge in [-0.3, -0.25) is 14.2 Å². The van der Waals surface area contributed by atoms with E-state index in [1.54, 1.807) is 18.2 Å². The molecule has 0 saturated carbocycles. The highest BCUT2D eigenvalue weighted by Gasteiger charge is 2.10. The summed E-state index contributed by atoms with van der Waals surface area (Å²) in [7, 11) is 0. The molecule has 1 aromatic carbocycles. The Hall–Kier alpha value is -2.30. The molecule has 1 amide bonds. The molecule has 2 rings (SSSR count). The van der Waals surface area contributed by atoms with Crippen molar-refractivity contribution in [3.05, 3.63) is 24.4 Å². The number of carbonyl (C=O) groups excluding carboxylic acids is 2. The van der Waals surface area contributed by atoms with Gasteiger partial charge in [-0.25, -0.2) is 0 Å². The molecule has 0 fully saturated rings. The number of benzene rings is 1. The largest absolute Gasteiger partial charge is 0.506 e. The lowest BCUT2D eigenvalue weighted by Crippen LogP contribution is -2.06. The smallest absolute Gasteiger partial charge is 0.228 e. The summed E-state index contributed by atoms with van der Waals surface area (Å²) in [5, 5.41) is 12.9. The normalized spacial score (nSPS) is 10.5. The molecule has 0 aliphatic carbocycles. The molecule has 2 N–H and O–H groups in total. The van der Waals surface area contributed by atoms with Crippen molar-refractivity contribution in [3.63, 3.8) is 0 Å². The molecule has 5 nitrogen and oxygen atoms in total. The minimum absolute atomic E-state index is 0.0161. The fraction of sp³-hybridized carbons (Fsp3) is 0.167. The molecule has 0 aliphatic heterocycles. The average Bonchev–Trinajstić information content (AvgIpc) is 2.55. The summed E-state index contributed by atoms with van der Waals surface area (Å²) in [5.74, 6) is -0.347. The molecule has 0 saturated heterocycles. The molecule has 17 heavy (non-hydrogen) atoms. The lowest BCUT2D eigenvalue weighted by Gasteiger charge is -2.03. The van der Waals surface area contributed by atoms with Crippen LogP contribution in [0.2, 0.25) is 0 Å². The van der Waals surface area contributed by atoms with Crippen molar-refractivity contribution >= 4 is 28.4 Å². The van der Waals surface area contributed by atoms with Crippen LogP contribution in [0.1, 0.15) is 18.6 Å². The Kier molecular flexibility index (Phi) is 2.59. The topological polar surface area (TPSA) is 71.3 Å². The second kappa shape index (κ2) is 3.93. The molecule has 0 atom stereocenters. The van der Waals surface area contributed by atoms with E-state index in [1.807, 2.05) is 0 Å². The van der Waals surface area contributed by atoms with Gasteiger partial charge in [0, 0.05) is 24.9 Å². The Morgan fingerprint density at radius 3 is 2.59 bits per heavy atom. The van der Waals surface area contributed by atoms with Crippen LogP contribution in [0, 0.1) is 0 Å². The van der Waals surface area contributed by atoms with Gasteiger partial charge in [0.15, 0.2) is 0 Å². The van der Waals surface area contributed by atoms with Crippen LogP contribution in [0.25, 0.3) is 10.9 Å². The maximum atomic E-state index is 11.3. The lowest BCUT2D eigenvalue weighted by atomic mass is 10.2. The van der Waals surface area contributed by atoms with Gasteiger partial charge in [-0.05, 0) is 18.2 Å². The zero-order valence-corrected chi connectivity index (χ0v) is 9.52. The van der Waals surface area contributed by atoms with Gasteiger partial charge in [0.05, 0.1) is 11.7 Å². The minimum atomic E-state index is -0.185. The van der Waals surface area contributed by atoms with Crippen molar-refractivity contribution in [2.24, 2.45) is 0 Å². The minimum Gasteiger partial charge on any atom is -0.506 e. The first-order valence-electron chi connectivity index (χ1n) is 5.11. The molecule has 0 spiro atoms. The van der Waals surface area contributed by atoms with Gasteiger partial charge in [-0.1, -0.05) is 0 Å². The van der Waals surface area contributed by atoms with Crippen LogP contribution in [-0.4, -0.2) is 21.5 Å². The van der Waals surface area contributed by atoms with Crippen molar-refractivity contribution in [3.8, 4) is 5.75 Å². The molecular formula is C12H12N2O3. The van der Waals surface area contributed by atoms with E-state index < -0.39 is 0 Å². The van der Waals surface area contributed by atoms with Gasteiger partial charge in [-0.15, -0.1) is 0 Å². The van der Waals surface area contributed by atoms with Crippen LogP contribution < -0.4 is 5.32 Å². The summed E-state index contributed by atoms with van der Waals surface area (Å²) in [5.41, 5.74) is 1.20. The highest BCUT2D eigenvalue weighted by Crippen LogP contribution is 2.29. The molecule has 0 bridgehead atoms. The molecule has 2 aromatic rings. The average molecular weight is 232 g/mol. The number of anilines is 1. The predicted octanol–water partition coefficient (Wildman–Crippen LogP) is 1.97. The van der Waals surface area contributed by atoms with E-state index in [9.17, 15) is 14.7 Å². The molecule has 88 valence electrons. The zero-order chi connectivity index (χ0) is 12.6. The molecule has 0 radical (unpaired) electrons. The quantitative estimate of drug-likeness (QED) is 0.789. The molecule has 1 heterocycles. The molecule has 1 aromatic heterocycles. The number of nitrogens with zero attached hydrogens (tertiary/aromatic N) is 1. The monoisotopic (exact) mass is 232 g/mol. The Morgan fingerprint density at radius 1 is 1.29 bits per heavy atom. The zero-order valence-electron chi connectivity index (χ0n) is 9.52. The first-order valence-corrected chi connectivity index (χ1v) is 5.11. The number of rotatable bonds is 1. The summed E-state index contributed by atoms with van der Waals surface area (Å²) in [6.07, 6.45) is 1.37. The van der Waals surface area contributed by atoms with Gasteiger partial charge in [0.1, 0.15) is 5.75 Å². The SMILES string of the molecule is CC(=O)Nc1ccc2c(c1)c(O)cn2C(C)=O. The summed E-state index contributed by atoms with van der Waals surface area (Å²) in [6.45, 7) is 2.82. The Bertz CT molecular complexity index is 613. The summed E-state index contributed by atoms with van der Waals surface area (Å²) >= 11 is 0. The number of fused-ring (bicyclic) bond motifs is 1. The molecule has 0 aliphatic rings. The van der Waals surface area contributed by atoms with Gasteiger partial charge in [0.2, 0.25) is 11.8 Å². The maximum Gasteiger partial charge on any atom is 0.228 e. The summed E-state index contributed by atoms with van der Waals surface area (Å²) in [6, 6.07) is 5.00. The first-order chi connectivity index (χ1) is 7.99. The fourth-order valence-corrected chi connectivity index (χ4v) is 1.75. The van der Waals surface area contributed by atoms with Crippen LogP contribution in [-0.2, 0) is 4.79 Å². The van der Waals surface area contributed by atoms with E-state index in [2.05, 4.69) is 5.32 Å². The molecular weight excluding hydrogens is 220 g/mol. The Morgan fingerprint density at radius 2 is 2.00 bits per heavy atom. The van der Waals surface area contributed by atoms with Crippen LogP contribution in [0.15, 0.2) is 24.4 Å². The van der Waals surface area contributed by atoms with Gasteiger partial charge < -0.3 is 10.4 Å². The van der Waals surface area contributed by atoms with Gasteiger partial charge in [0.25, 0.3) is 0 Å². The Balaban J connectivity index is 2.59. The van der Waals surface area contributed by atoms with E-state index in [-0.39, 0.29) is 17.6 Å². The maximum absolute atomic E-state index is 11.3. The highest BCUT2D eigenvalue weighted by atomic mass is 16.3. The fourth-order valence-electron chi connectivity index (χ4n) is 1.75. The van der Waals surface area contributed by atoms with Crippen molar-refractivity contribution < 1.29 is 14.7 Å². The van der Waals surface area contributed by atoms with Crippen LogP contribution in [0.5, 0.6) is 5.75 Å². The van der Waals surface area contributed by atoms with Gasteiger partial charge in [-0.2, -0.15) is 0 Å². The predicted molar refractivity (Wildman–Crippen MR) is 64.2 cm³/mol. The number of aromatic nitrogens is 1. The highest BCUT2D eigenvalue weighted by molar-refractivity contribution is 5.98. The van der Waals surface area contributed by atoms with E-state index >= 15 is 0 Å². The number of hydrogen-bond donors (Lipinski definition) is 2. The number of aromatic hydroxyl groups is 1. The first kappa shape index (κ1) is 11.2. The van der Waals surface area contributed by atoms with Crippen molar-refractivity contribution in [2.45, 2.75) is 13.8 Å². The van der Waals surface area contributed by atoms with E-state index in [0.29, 0.717) is 16.6 Å². The van der Waals surface area contributed by atoms with E-state index in [1.165, 1.54) is 24.6 Å². The molecule has 0 unspecified atom stereocenters. The van der Waals surface area contributed by atoms with Crippen molar-refractivity contribution in [1.29, 1.82) is 0 Å². The van der Waals surface area contributed by atoms with Crippen LogP contribution >= 0.6 is 0 Å². The van der Waals surface area contributed by atoms with Crippen molar-refractivity contribution in [2.75, 3.05) is 5.32 Å². The number of hydrogen-bond acceptors (Lipinski definition) is 3. The third kappa shape index (κ3) is 1.99.